The molecule has 0 fully saturated rings. The van der Waals surface area contributed by atoms with Crippen molar-refractivity contribution >= 4 is 10.9 Å². The molecule has 0 aliphatic heterocycles. The van der Waals surface area contributed by atoms with Crippen LogP contribution in [0.15, 0.2) is 77.7 Å². The standard InChI is InChI=1S/C18H13N3O3/c22-21-10-4-7-14-11-15(8-9-16(14)21)24-17(18-20-19-12-23-18)13-5-2-1-3-6-13/h1-12,17H. The number of fused-ring (bicyclic) bond motifs is 1. The Morgan fingerprint density at radius 3 is 2.71 bits per heavy atom. The SMILES string of the molecule is [O-][n+]1cccc2cc(OC(c3ccccc3)c3nnco3)ccc21. The van der Waals surface area contributed by atoms with E-state index >= 15 is 0 Å². The topological polar surface area (TPSA) is 75.1 Å². The molecule has 0 spiro atoms. The van der Waals surface area contributed by atoms with E-state index in [1.807, 2.05) is 42.5 Å². The molecular formula is C18H13N3O3. The van der Waals surface area contributed by atoms with Crippen LogP contribution in [0.25, 0.3) is 10.9 Å². The van der Waals surface area contributed by atoms with E-state index in [0.717, 1.165) is 15.7 Å². The van der Waals surface area contributed by atoms with E-state index in [-0.39, 0.29) is 0 Å². The van der Waals surface area contributed by atoms with Gasteiger partial charge in [-0.3, -0.25) is 0 Å². The van der Waals surface area contributed by atoms with Gasteiger partial charge in [-0.15, -0.1) is 10.2 Å². The molecule has 0 N–H and O–H groups in total. The number of rotatable bonds is 4. The Morgan fingerprint density at radius 2 is 1.92 bits per heavy atom. The third-order valence-corrected chi connectivity index (χ3v) is 3.69. The molecule has 2 aromatic carbocycles. The lowest BCUT2D eigenvalue weighted by molar-refractivity contribution is -0.577. The highest BCUT2D eigenvalue weighted by Gasteiger charge is 2.21. The first-order valence-corrected chi connectivity index (χ1v) is 7.41. The van der Waals surface area contributed by atoms with Crippen LogP contribution in [0.5, 0.6) is 5.75 Å². The maximum Gasteiger partial charge on any atom is 0.261 e. The Bertz CT molecular complexity index is 956. The van der Waals surface area contributed by atoms with Gasteiger partial charge >= 0.3 is 0 Å². The van der Waals surface area contributed by atoms with Crippen LogP contribution in [0, 0.1) is 5.21 Å². The average Bonchev–Trinajstić information content (AvgIpc) is 3.15. The van der Waals surface area contributed by atoms with Gasteiger partial charge in [0.15, 0.2) is 6.20 Å². The van der Waals surface area contributed by atoms with Crippen LogP contribution in [-0.4, -0.2) is 10.2 Å². The first-order valence-electron chi connectivity index (χ1n) is 7.41. The van der Waals surface area contributed by atoms with Gasteiger partial charge in [0.05, 0.1) is 5.39 Å². The molecule has 0 aliphatic carbocycles. The third-order valence-electron chi connectivity index (χ3n) is 3.69. The summed E-state index contributed by atoms with van der Waals surface area (Å²) >= 11 is 0. The van der Waals surface area contributed by atoms with Gasteiger partial charge in [-0.1, -0.05) is 30.3 Å². The van der Waals surface area contributed by atoms with Crippen molar-refractivity contribution in [1.29, 1.82) is 0 Å². The summed E-state index contributed by atoms with van der Waals surface area (Å²) in [5, 5.41) is 20.3. The number of pyridine rings is 1. The minimum absolute atomic E-state index is 0.369. The van der Waals surface area contributed by atoms with Crippen molar-refractivity contribution in [3.05, 3.63) is 89.9 Å². The number of benzene rings is 2. The summed E-state index contributed by atoms with van der Waals surface area (Å²) < 4.78 is 12.2. The van der Waals surface area contributed by atoms with E-state index in [2.05, 4.69) is 10.2 Å². The largest absolute Gasteiger partial charge is 0.618 e. The normalized spacial score (nSPS) is 12.2. The molecule has 4 rings (SSSR count). The fourth-order valence-corrected chi connectivity index (χ4v) is 2.57. The molecule has 6 nitrogen and oxygen atoms in total. The summed E-state index contributed by atoms with van der Waals surface area (Å²) in [5.41, 5.74) is 1.48. The van der Waals surface area contributed by atoms with E-state index in [1.54, 1.807) is 18.2 Å². The molecule has 1 atom stereocenters. The highest BCUT2D eigenvalue weighted by molar-refractivity contribution is 5.77. The summed E-state index contributed by atoms with van der Waals surface area (Å²) in [6, 6.07) is 18.5. The van der Waals surface area contributed by atoms with Gasteiger partial charge in [0.25, 0.3) is 5.89 Å². The highest BCUT2D eigenvalue weighted by atomic mass is 16.5. The first kappa shape index (κ1) is 14.2. The number of nitrogens with zero attached hydrogens (tertiary/aromatic N) is 3. The van der Waals surface area contributed by atoms with E-state index in [9.17, 15) is 5.21 Å². The van der Waals surface area contributed by atoms with Crippen LogP contribution in [0.3, 0.4) is 0 Å². The minimum Gasteiger partial charge on any atom is -0.618 e. The molecule has 2 aromatic heterocycles. The van der Waals surface area contributed by atoms with Gasteiger partial charge in [-0.2, -0.15) is 4.73 Å². The number of aromatic nitrogens is 3. The molecule has 0 aliphatic rings. The lowest BCUT2D eigenvalue weighted by Crippen LogP contribution is -2.25. The predicted molar refractivity (Wildman–Crippen MR) is 86.1 cm³/mol. The molecule has 0 amide bonds. The molecule has 24 heavy (non-hydrogen) atoms. The second-order valence-corrected chi connectivity index (χ2v) is 5.24. The van der Waals surface area contributed by atoms with Crippen LogP contribution in [0.4, 0.5) is 0 Å². The van der Waals surface area contributed by atoms with Crippen molar-refractivity contribution in [2.45, 2.75) is 6.10 Å². The molecule has 0 saturated heterocycles. The van der Waals surface area contributed by atoms with Gasteiger partial charge in [-0.05, 0) is 18.2 Å². The quantitative estimate of drug-likeness (QED) is 0.427. The maximum atomic E-state index is 11.8. The minimum atomic E-state index is -0.519. The summed E-state index contributed by atoms with van der Waals surface area (Å²) in [6.07, 6.45) is 2.22. The van der Waals surface area contributed by atoms with Gasteiger partial charge < -0.3 is 14.4 Å². The average molecular weight is 319 g/mol. The number of hydrogen-bond donors (Lipinski definition) is 0. The zero-order valence-electron chi connectivity index (χ0n) is 12.6. The van der Waals surface area contributed by atoms with E-state index in [0.29, 0.717) is 17.2 Å². The van der Waals surface area contributed by atoms with Crippen LogP contribution in [0.2, 0.25) is 0 Å². The van der Waals surface area contributed by atoms with Crippen molar-refractivity contribution in [2.75, 3.05) is 0 Å². The summed E-state index contributed by atoms with van der Waals surface area (Å²) in [6.45, 7) is 0. The highest BCUT2D eigenvalue weighted by Crippen LogP contribution is 2.28. The fourth-order valence-electron chi connectivity index (χ4n) is 2.57. The smallest absolute Gasteiger partial charge is 0.261 e. The molecule has 1 unspecified atom stereocenters. The van der Waals surface area contributed by atoms with E-state index < -0.39 is 6.10 Å². The van der Waals surface area contributed by atoms with E-state index in [4.69, 9.17) is 9.15 Å². The summed E-state index contributed by atoms with van der Waals surface area (Å²) in [5.74, 6) is 0.981. The zero-order valence-corrected chi connectivity index (χ0v) is 12.6. The lowest BCUT2D eigenvalue weighted by Gasteiger charge is -2.16. The Hall–Kier alpha value is -3.41. The Kier molecular flexibility index (Phi) is 3.55. The van der Waals surface area contributed by atoms with Crippen LogP contribution >= 0.6 is 0 Å². The van der Waals surface area contributed by atoms with Gasteiger partial charge in [0.2, 0.25) is 18.0 Å². The fraction of sp³-hybridized carbons (Fsp3) is 0.0556. The van der Waals surface area contributed by atoms with Crippen LogP contribution < -0.4 is 9.47 Å². The Balaban J connectivity index is 1.73. The molecule has 2 heterocycles. The van der Waals surface area contributed by atoms with Crippen molar-refractivity contribution in [3.63, 3.8) is 0 Å². The predicted octanol–water partition coefficient (Wildman–Crippen LogP) is 3.02. The van der Waals surface area contributed by atoms with Gasteiger partial charge in [-0.25, -0.2) is 0 Å². The monoisotopic (exact) mass is 319 g/mol. The van der Waals surface area contributed by atoms with Crippen molar-refractivity contribution < 1.29 is 13.9 Å². The molecule has 0 bridgehead atoms. The second kappa shape index (κ2) is 6.00. The zero-order chi connectivity index (χ0) is 16.4. The van der Waals surface area contributed by atoms with Crippen LogP contribution in [0.1, 0.15) is 17.6 Å². The van der Waals surface area contributed by atoms with E-state index in [1.165, 1.54) is 12.6 Å². The van der Waals surface area contributed by atoms with Gasteiger partial charge in [0, 0.05) is 17.7 Å². The van der Waals surface area contributed by atoms with Crippen molar-refractivity contribution in [3.8, 4) is 5.75 Å². The first-order chi connectivity index (χ1) is 11.8. The maximum absolute atomic E-state index is 11.8. The molecule has 0 saturated carbocycles. The molecule has 0 radical (unpaired) electrons. The number of ether oxygens (including phenoxy) is 1. The third kappa shape index (κ3) is 2.65. The summed E-state index contributed by atoms with van der Waals surface area (Å²) in [7, 11) is 0. The van der Waals surface area contributed by atoms with Crippen molar-refractivity contribution in [2.24, 2.45) is 0 Å². The lowest BCUT2D eigenvalue weighted by atomic mass is 10.1. The van der Waals surface area contributed by atoms with Crippen LogP contribution in [-0.2, 0) is 0 Å². The summed E-state index contributed by atoms with van der Waals surface area (Å²) in [4.78, 5) is 0. The molecular weight excluding hydrogens is 306 g/mol. The van der Waals surface area contributed by atoms with Gasteiger partial charge in [0.1, 0.15) is 5.75 Å². The number of hydrogen-bond acceptors (Lipinski definition) is 5. The molecule has 118 valence electrons. The second-order valence-electron chi connectivity index (χ2n) is 5.24. The molecule has 6 heteroatoms. The van der Waals surface area contributed by atoms with Crippen molar-refractivity contribution in [1.82, 2.24) is 10.2 Å². The Morgan fingerprint density at radius 1 is 1.04 bits per heavy atom. The molecule has 4 aromatic rings. The Labute approximate surface area is 137 Å².